The molecule has 3 aromatic carbocycles. The normalized spacial score (nSPS) is 10.5. The van der Waals surface area contributed by atoms with E-state index in [1.165, 1.54) is 18.2 Å². The molecule has 0 bridgehead atoms. The van der Waals surface area contributed by atoms with Crippen molar-refractivity contribution in [2.45, 2.75) is 58.8 Å². The number of unbranched alkanes of at least 4 members (excludes halogenated alkanes) is 4. The molecule has 0 saturated carbocycles. The van der Waals surface area contributed by atoms with E-state index >= 15 is 0 Å². The van der Waals surface area contributed by atoms with Crippen molar-refractivity contribution < 1.29 is 38.1 Å². The molecule has 0 saturated heterocycles. The number of rotatable bonds is 18. The minimum atomic E-state index is -0.701. The molecule has 0 spiro atoms. The van der Waals surface area contributed by atoms with Gasteiger partial charge in [-0.25, -0.2) is 14.4 Å². The third-order valence-corrected chi connectivity index (χ3v) is 6.33. The number of carbonyl (C=O) groups excluding carboxylic acids is 3. The minimum absolute atomic E-state index is 0.0160. The maximum absolute atomic E-state index is 13.0. The van der Waals surface area contributed by atoms with Gasteiger partial charge in [-0.3, -0.25) is 0 Å². The van der Waals surface area contributed by atoms with Gasteiger partial charge in [0.15, 0.2) is 0 Å². The molecular formula is C35H40O8. The molecular weight excluding hydrogens is 548 g/mol. The highest BCUT2D eigenvalue weighted by molar-refractivity contribution is 5.97. The van der Waals surface area contributed by atoms with Gasteiger partial charge in [-0.1, -0.05) is 32.8 Å². The average molecular weight is 589 g/mol. The van der Waals surface area contributed by atoms with Crippen LogP contribution in [0, 0.1) is 0 Å². The van der Waals surface area contributed by atoms with Crippen LogP contribution in [0.15, 0.2) is 79.4 Å². The van der Waals surface area contributed by atoms with Crippen molar-refractivity contribution in [3.05, 3.63) is 96.1 Å². The van der Waals surface area contributed by atoms with Crippen molar-refractivity contribution in [1.82, 2.24) is 0 Å². The predicted molar refractivity (Wildman–Crippen MR) is 164 cm³/mol. The molecule has 0 aliphatic carbocycles. The van der Waals surface area contributed by atoms with Gasteiger partial charge in [0, 0.05) is 0 Å². The summed E-state index contributed by atoms with van der Waals surface area (Å²) < 4.78 is 27.8. The zero-order valence-electron chi connectivity index (χ0n) is 25.0. The van der Waals surface area contributed by atoms with Crippen LogP contribution < -0.4 is 18.9 Å². The van der Waals surface area contributed by atoms with Crippen LogP contribution in [0.4, 0.5) is 0 Å². The first-order chi connectivity index (χ1) is 20.9. The molecule has 0 unspecified atom stereocenters. The molecule has 0 heterocycles. The summed E-state index contributed by atoms with van der Waals surface area (Å²) in [5.41, 5.74) is 0.553. The zero-order chi connectivity index (χ0) is 30.9. The van der Waals surface area contributed by atoms with Crippen LogP contribution in [0.2, 0.25) is 0 Å². The summed E-state index contributed by atoms with van der Waals surface area (Å²) in [6, 6.07) is 17.4. The quantitative estimate of drug-likeness (QED) is 0.0638. The lowest BCUT2D eigenvalue weighted by atomic mass is 10.1. The Hall–Kier alpha value is -4.59. The molecule has 0 aliphatic heterocycles. The summed E-state index contributed by atoms with van der Waals surface area (Å²) in [6.07, 6.45) is 7.98. The Morgan fingerprint density at radius 3 is 1.70 bits per heavy atom. The van der Waals surface area contributed by atoms with Crippen molar-refractivity contribution in [3.63, 3.8) is 0 Å². The average Bonchev–Trinajstić information content (AvgIpc) is 3.02. The lowest BCUT2D eigenvalue weighted by Crippen LogP contribution is -2.14. The molecule has 0 amide bonds. The van der Waals surface area contributed by atoms with Crippen molar-refractivity contribution >= 4 is 17.9 Å². The van der Waals surface area contributed by atoms with Gasteiger partial charge in [0.25, 0.3) is 0 Å². The Bertz CT molecular complexity index is 1330. The topological polar surface area (TPSA) is 97.4 Å². The van der Waals surface area contributed by atoms with E-state index in [0.29, 0.717) is 36.7 Å². The van der Waals surface area contributed by atoms with E-state index in [4.69, 9.17) is 23.7 Å². The van der Waals surface area contributed by atoms with Gasteiger partial charge in [0.05, 0.1) is 30.9 Å². The van der Waals surface area contributed by atoms with E-state index in [9.17, 15) is 14.4 Å². The summed E-state index contributed by atoms with van der Waals surface area (Å²) >= 11 is 0. The van der Waals surface area contributed by atoms with Crippen LogP contribution >= 0.6 is 0 Å². The van der Waals surface area contributed by atoms with Crippen LogP contribution in [-0.4, -0.2) is 37.7 Å². The molecule has 8 heteroatoms. The van der Waals surface area contributed by atoms with Crippen LogP contribution in [0.3, 0.4) is 0 Å². The largest absolute Gasteiger partial charge is 0.494 e. The monoisotopic (exact) mass is 588 g/mol. The van der Waals surface area contributed by atoms with Crippen molar-refractivity contribution in [1.29, 1.82) is 0 Å². The second-order valence-electron chi connectivity index (χ2n) is 9.81. The fraction of sp³-hybridized carbons (Fsp3) is 0.343. The fourth-order valence-electron chi connectivity index (χ4n) is 3.82. The number of allylic oxidation sites excluding steroid dienone is 1. The molecule has 0 aliphatic rings. The van der Waals surface area contributed by atoms with Gasteiger partial charge in [-0.15, -0.1) is 6.58 Å². The molecule has 0 N–H and O–H groups in total. The summed E-state index contributed by atoms with van der Waals surface area (Å²) in [6.45, 7) is 9.22. The van der Waals surface area contributed by atoms with E-state index in [1.807, 2.05) is 0 Å². The summed E-state index contributed by atoms with van der Waals surface area (Å²) in [5.74, 6) is -0.588. The van der Waals surface area contributed by atoms with Crippen LogP contribution in [0.25, 0.3) is 0 Å². The Morgan fingerprint density at radius 2 is 1.16 bits per heavy atom. The number of hydrogen-bond acceptors (Lipinski definition) is 8. The van der Waals surface area contributed by atoms with E-state index in [1.54, 1.807) is 54.6 Å². The highest BCUT2D eigenvalue weighted by atomic mass is 16.6. The first kappa shape index (κ1) is 32.9. The molecule has 3 aromatic rings. The van der Waals surface area contributed by atoms with Gasteiger partial charge in [0.2, 0.25) is 0 Å². The summed E-state index contributed by atoms with van der Waals surface area (Å²) in [7, 11) is 0. The Morgan fingerprint density at radius 1 is 0.628 bits per heavy atom. The third kappa shape index (κ3) is 11.0. The fourth-order valence-corrected chi connectivity index (χ4v) is 3.82. The van der Waals surface area contributed by atoms with Gasteiger partial charge in [-0.2, -0.15) is 0 Å². The van der Waals surface area contributed by atoms with Gasteiger partial charge in [0.1, 0.15) is 28.6 Å². The maximum atomic E-state index is 13.0. The van der Waals surface area contributed by atoms with Crippen LogP contribution in [0.5, 0.6) is 23.0 Å². The number of hydrogen-bond donors (Lipinski definition) is 0. The van der Waals surface area contributed by atoms with Gasteiger partial charge < -0.3 is 23.7 Å². The Labute approximate surface area is 253 Å². The van der Waals surface area contributed by atoms with Crippen LogP contribution in [-0.2, 0) is 4.74 Å². The van der Waals surface area contributed by atoms with Gasteiger partial charge in [-0.05, 0) is 98.8 Å². The van der Waals surface area contributed by atoms with Crippen molar-refractivity contribution in [2.75, 3.05) is 19.8 Å². The highest BCUT2D eigenvalue weighted by Gasteiger charge is 2.20. The zero-order valence-corrected chi connectivity index (χ0v) is 25.0. The van der Waals surface area contributed by atoms with E-state index in [0.717, 1.165) is 38.5 Å². The Kier molecular flexibility index (Phi) is 13.8. The molecule has 8 nitrogen and oxygen atoms in total. The molecule has 43 heavy (non-hydrogen) atoms. The summed E-state index contributed by atoms with van der Waals surface area (Å²) in [4.78, 5) is 38.8. The standard InChI is InChI=1S/C35H40O8/c1-4-7-10-11-24-41-35(38)31-25-30(42-33(36)26-12-16-28(17-13-26)39-22-8-5-2)20-21-32(31)43-34(37)27-14-18-29(19-15-27)40-23-9-6-3/h4,12-21,25H,1,5-11,22-24H2,2-3H3. The highest BCUT2D eigenvalue weighted by Crippen LogP contribution is 2.27. The first-order valence-corrected chi connectivity index (χ1v) is 14.8. The van der Waals surface area contributed by atoms with Crippen molar-refractivity contribution in [2.24, 2.45) is 0 Å². The lowest BCUT2D eigenvalue weighted by molar-refractivity contribution is 0.0491. The number of benzene rings is 3. The molecule has 0 atom stereocenters. The molecule has 3 rings (SSSR count). The van der Waals surface area contributed by atoms with E-state index < -0.39 is 17.9 Å². The van der Waals surface area contributed by atoms with E-state index in [2.05, 4.69) is 20.4 Å². The van der Waals surface area contributed by atoms with Crippen LogP contribution in [0.1, 0.15) is 89.9 Å². The molecule has 0 radical (unpaired) electrons. The molecule has 0 fully saturated rings. The predicted octanol–water partition coefficient (Wildman–Crippen LogP) is 8.00. The minimum Gasteiger partial charge on any atom is -0.494 e. The maximum Gasteiger partial charge on any atom is 0.343 e. The van der Waals surface area contributed by atoms with Gasteiger partial charge >= 0.3 is 17.9 Å². The number of esters is 3. The van der Waals surface area contributed by atoms with Crippen molar-refractivity contribution in [3.8, 4) is 23.0 Å². The lowest BCUT2D eigenvalue weighted by Gasteiger charge is -2.13. The molecule has 228 valence electrons. The van der Waals surface area contributed by atoms with E-state index in [-0.39, 0.29) is 29.2 Å². The second-order valence-corrected chi connectivity index (χ2v) is 9.81. The Balaban J connectivity index is 1.73. The summed E-state index contributed by atoms with van der Waals surface area (Å²) in [5, 5.41) is 0. The number of ether oxygens (including phenoxy) is 5. The second kappa shape index (κ2) is 18.1. The smallest absolute Gasteiger partial charge is 0.343 e. The number of carbonyl (C=O) groups is 3. The molecule has 0 aromatic heterocycles. The third-order valence-electron chi connectivity index (χ3n) is 6.33. The first-order valence-electron chi connectivity index (χ1n) is 14.8. The SMILES string of the molecule is C=CCCCCOC(=O)c1cc(OC(=O)c2ccc(OCCCC)cc2)ccc1OC(=O)c1ccc(OCCCC)cc1.